The molecule has 2 saturated heterocycles. The van der Waals surface area contributed by atoms with E-state index in [4.69, 9.17) is 14.5 Å². The van der Waals surface area contributed by atoms with Gasteiger partial charge in [-0.3, -0.25) is 14.7 Å². The van der Waals surface area contributed by atoms with E-state index in [0.717, 1.165) is 6.42 Å². The number of aliphatic carboxylic acids is 1. The number of aliphatic imine (C=N–C) groups is 1. The Kier molecular flexibility index (Phi) is 6.17. The fraction of sp³-hybridized carbons (Fsp3) is 0.440. The van der Waals surface area contributed by atoms with Crippen LogP contribution in [-0.4, -0.2) is 71.7 Å². The average Bonchev–Trinajstić information content (AvgIpc) is 3.56. The van der Waals surface area contributed by atoms with Gasteiger partial charge in [-0.2, -0.15) is 0 Å². The zero-order valence-electron chi connectivity index (χ0n) is 19.8. The van der Waals surface area contributed by atoms with Crippen molar-refractivity contribution in [1.82, 2.24) is 15.2 Å². The van der Waals surface area contributed by atoms with Crippen LogP contribution in [0.3, 0.4) is 0 Å². The van der Waals surface area contributed by atoms with Crippen LogP contribution in [0.5, 0.6) is 0 Å². The van der Waals surface area contributed by atoms with Crippen molar-refractivity contribution in [2.24, 2.45) is 16.3 Å². The third-order valence-electron chi connectivity index (χ3n) is 8.14. The van der Waals surface area contributed by atoms with Crippen LogP contribution in [0.2, 0.25) is 0 Å². The summed E-state index contributed by atoms with van der Waals surface area (Å²) in [7, 11) is 1.31. The number of methoxy groups -OCH3 is 1. The lowest BCUT2D eigenvalue weighted by Gasteiger charge is -2.71. The summed E-state index contributed by atoms with van der Waals surface area (Å²) in [6, 6.07) is 4.06. The summed E-state index contributed by atoms with van der Waals surface area (Å²) in [5, 5.41) is 15.2. The molecule has 1 aromatic carbocycles. The highest BCUT2D eigenvalue weighted by molar-refractivity contribution is 9.10. The third kappa shape index (κ3) is 3.76. The van der Waals surface area contributed by atoms with Gasteiger partial charge in [0.05, 0.1) is 30.4 Å². The van der Waals surface area contributed by atoms with Gasteiger partial charge in [-0.1, -0.05) is 12.1 Å². The number of carbonyl (C=O) groups is 2. The zero-order valence-corrected chi connectivity index (χ0v) is 22.2. The molecule has 1 aliphatic carbocycles. The van der Waals surface area contributed by atoms with Gasteiger partial charge in [0.1, 0.15) is 11.9 Å². The number of carboxylic acid groups (broad SMARTS) is 1. The Balaban J connectivity index is 1.39. The number of halogens is 2. The first-order valence-electron chi connectivity index (χ1n) is 11.9. The van der Waals surface area contributed by atoms with Crippen LogP contribution in [0, 0.1) is 17.2 Å². The number of hydrogen-bond acceptors (Lipinski definition) is 9. The number of hydrogen-bond donors (Lipinski definition) is 2. The number of ether oxygens (including phenoxy) is 2. The van der Waals surface area contributed by atoms with Gasteiger partial charge in [0.2, 0.25) is 0 Å². The van der Waals surface area contributed by atoms with Crippen molar-refractivity contribution in [3.63, 3.8) is 0 Å². The lowest BCUT2D eigenvalue weighted by Crippen LogP contribution is -2.80. The van der Waals surface area contributed by atoms with Crippen molar-refractivity contribution in [2.75, 3.05) is 26.9 Å². The molecule has 1 spiro atoms. The van der Waals surface area contributed by atoms with Crippen LogP contribution in [-0.2, 0) is 19.1 Å². The Hall–Kier alpha value is -2.67. The fourth-order valence-electron chi connectivity index (χ4n) is 6.47. The molecule has 12 heteroatoms. The first-order chi connectivity index (χ1) is 17.8. The molecule has 3 aliphatic heterocycles. The molecule has 4 aliphatic rings. The Morgan fingerprint density at radius 2 is 2.24 bits per heavy atom. The monoisotopic (exact) mass is 590 g/mol. The van der Waals surface area contributed by atoms with Crippen molar-refractivity contribution in [3.05, 3.63) is 61.9 Å². The van der Waals surface area contributed by atoms with E-state index < -0.39 is 23.8 Å². The molecule has 0 amide bonds. The van der Waals surface area contributed by atoms with Crippen LogP contribution >= 0.6 is 27.3 Å². The van der Waals surface area contributed by atoms with E-state index in [2.05, 4.69) is 31.1 Å². The minimum Gasteiger partial charge on any atom is -0.481 e. The molecule has 1 aromatic heterocycles. The summed E-state index contributed by atoms with van der Waals surface area (Å²) in [6.07, 6.45) is 2.57. The number of nitrogens with zero attached hydrogens (tertiary/aromatic N) is 3. The van der Waals surface area contributed by atoms with Crippen molar-refractivity contribution in [3.8, 4) is 0 Å². The maximum absolute atomic E-state index is 14.5. The molecular weight excluding hydrogens is 567 g/mol. The molecule has 0 radical (unpaired) electrons. The van der Waals surface area contributed by atoms with Crippen molar-refractivity contribution in [2.45, 2.75) is 31.0 Å². The molecule has 2 aromatic rings. The van der Waals surface area contributed by atoms with Gasteiger partial charge in [-0.15, -0.1) is 11.3 Å². The van der Waals surface area contributed by atoms with Crippen LogP contribution in [0.1, 0.15) is 29.5 Å². The maximum atomic E-state index is 14.5. The number of likely N-dealkylation sites (tertiary alicyclic amines) is 1. The second-order valence-electron chi connectivity index (χ2n) is 9.73. The second-order valence-corrected chi connectivity index (χ2v) is 11.4. The lowest BCUT2D eigenvalue weighted by atomic mass is 9.46. The molecular formula is C25H24BrFN4O5S. The summed E-state index contributed by atoms with van der Waals surface area (Å²) in [4.78, 5) is 36.0. The van der Waals surface area contributed by atoms with E-state index in [1.54, 1.807) is 18.3 Å². The Labute approximate surface area is 224 Å². The smallest absolute Gasteiger partial charge is 0.338 e. The fourth-order valence-corrected chi connectivity index (χ4v) is 7.54. The number of rotatable bonds is 7. The molecule has 2 N–H and O–H groups in total. The molecule has 6 rings (SSSR count). The van der Waals surface area contributed by atoms with Crippen LogP contribution < -0.4 is 5.32 Å². The number of piperidine rings is 1. The SMILES string of the molecule is COC(=O)C1=C(CN2[C@@H]3COCC34[C@@H](CC(=O)O)C[C@@H]24)NC(c2nccs2)=N[C@H]1c1cccc(F)c1Br. The Bertz CT molecular complexity index is 1330. The van der Waals surface area contributed by atoms with E-state index in [1.165, 1.54) is 24.5 Å². The highest BCUT2D eigenvalue weighted by atomic mass is 79.9. The van der Waals surface area contributed by atoms with E-state index in [9.17, 15) is 19.1 Å². The van der Waals surface area contributed by atoms with Gasteiger partial charge in [0, 0.05) is 47.7 Å². The first-order valence-corrected chi connectivity index (χ1v) is 13.6. The number of thiazole rings is 1. The first kappa shape index (κ1) is 24.7. The number of carboxylic acids is 1. The molecule has 9 nitrogen and oxygen atoms in total. The molecule has 5 atom stereocenters. The summed E-state index contributed by atoms with van der Waals surface area (Å²) >= 11 is 4.74. The topological polar surface area (TPSA) is 113 Å². The second kappa shape index (κ2) is 9.26. The molecule has 3 fully saturated rings. The van der Waals surface area contributed by atoms with Gasteiger partial charge in [-0.05, 0) is 39.9 Å². The summed E-state index contributed by atoms with van der Waals surface area (Å²) < 4.78 is 25.8. The Morgan fingerprint density at radius 3 is 2.97 bits per heavy atom. The van der Waals surface area contributed by atoms with Crippen LogP contribution in [0.25, 0.3) is 0 Å². The molecule has 1 unspecified atom stereocenters. The molecule has 0 bridgehead atoms. The molecule has 37 heavy (non-hydrogen) atoms. The largest absolute Gasteiger partial charge is 0.481 e. The van der Waals surface area contributed by atoms with Gasteiger partial charge in [-0.25, -0.2) is 14.2 Å². The number of esters is 1. The number of amidine groups is 1. The normalized spacial score (nSPS) is 30.4. The molecule has 1 saturated carbocycles. The highest BCUT2D eigenvalue weighted by Crippen LogP contribution is 2.65. The quantitative estimate of drug-likeness (QED) is 0.473. The minimum absolute atomic E-state index is 0.0605. The van der Waals surface area contributed by atoms with Gasteiger partial charge in [0.15, 0.2) is 10.8 Å². The van der Waals surface area contributed by atoms with E-state index >= 15 is 0 Å². The van der Waals surface area contributed by atoms with E-state index in [0.29, 0.717) is 47.4 Å². The summed E-state index contributed by atoms with van der Waals surface area (Å²) in [5.74, 6) is -1.24. The number of nitrogens with one attached hydrogen (secondary N) is 1. The van der Waals surface area contributed by atoms with Gasteiger partial charge >= 0.3 is 11.9 Å². The van der Waals surface area contributed by atoms with Crippen LogP contribution in [0.15, 0.2) is 50.5 Å². The minimum atomic E-state index is -0.820. The van der Waals surface area contributed by atoms with Gasteiger partial charge < -0.3 is 19.9 Å². The zero-order chi connectivity index (χ0) is 25.9. The van der Waals surface area contributed by atoms with E-state index in [-0.39, 0.29) is 34.3 Å². The summed E-state index contributed by atoms with van der Waals surface area (Å²) in [6.45, 7) is 1.45. The molecule has 4 heterocycles. The highest BCUT2D eigenvalue weighted by Gasteiger charge is 2.73. The Morgan fingerprint density at radius 1 is 1.41 bits per heavy atom. The number of carbonyl (C=O) groups excluding carboxylic acids is 1. The maximum Gasteiger partial charge on any atom is 0.338 e. The lowest BCUT2D eigenvalue weighted by molar-refractivity contribution is -0.222. The average molecular weight is 591 g/mol. The van der Waals surface area contributed by atoms with Crippen molar-refractivity contribution in [1.29, 1.82) is 0 Å². The number of benzene rings is 1. The van der Waals surface area contributed by atoms with Crippen LogP contribution in [0.4, 0.5) is 4.39 Å². The predicted molar refractivity (Wildman–Crippen MR) is 136 cm³/mol. The molecule has 194 valence electrons. The predicted octanol–water partition coefficient (Wildman–Crippen LogP) is 3.13. The van der Waals surface area contributed by atoms with Gasteiger partial charge in [0.25, 0.3) is 0 Å². The standard InChI is InChI=1S/C25H24BrFN4O5S/c1-35-24(34)19-15(9-31-16-7-12(8-18(32)33)25(16)11-36-10-17(25)31)29-22(23-28-5-6-37-23)30-21(19)13-3-2-4-14(27)20(13)26/h2-6,12,16-17,21H,7-11H2,1H3,(H,29,30)(H,32,33)/t12-,16-,17-,21+,25?/m1/s1. The summed E-state index contributed by atoms with van der Waals surface area (Å²) in [5.41, 5.74) is 1.25. The third-order valence-corrected chi connectivity index (χ3v) is 9.76. The van der Waals surface area contributed by atoms with E-state index in [1.807, 2.05) is 5.38 Å². The van der Waals surface area contributed by atoms with Crippen molar-refractivity contribution >= 4 is 45.0 Å². The van der Waals surface area contributed by atoms with Crippen molar-refractivity contribution < 1.29 is 28.6 Å². The number of aromatic nitrogens is 1.